The number of aromatic amines is 1. The summed E-state index contributed by atoms with van der Waals surface area (Å²) in [5, 5.41) is 0. The fourth-order valence-corrected chi connectivity index (χ4v) is 1.62. The van der Waals surface area contributed by atoms with Gasteiger partial charge in [-0.3, -0.25) is 10.2 Å². The Bertz CT molecular complexity index is 389. The van der Waals surface area contributed by atoms with Crippen LogP contribution in [0.15, 0.2) is 11.6 Å². The van der Waals surface area contributed by atoms with Crippen molar-refractivity contribution in [3.05, 3.63) is 17.3 Å². The van der Waals surface area contributed by atoms with E-state index in [1.807, 2.05) is 5.43 Å². The van der Waals surface area contributed by atoms with Crippen molar-refractivity contribution in [2.75, 3.05) is 0 Å². The van der Waals surface area contributed by atoms with Gasteiger partial charge in [0.25, 0.3) is 5.91 Å². The van der Waals surface area contributed by atoms with Gasteiger partial charge in [0.1, 0.15) is 11.3 Å². The van der Waals surface area contributed by atoms with E-state index in [9.17, 15) is 4.79 Å². The highest BCUT2D eigenvalue weighted by Gasteiger charge is 2.08. The monoisotopic (exact) mass is 182 g/mol. The number of amides is 1. The third kappa shape index (κ3) is 0.973. The smallest absolute Gasteiger partial charge is 0.281 e. The van der Waals surface area contributed by atoms with Crippen LogP contribution in [0.3, 0.4) is 0 Å². The maximum absolute atomic E-state index is 11.0. The van der Waals surface area contributed by atoms with Gasteiger partial charge < -0.3 is 4.98 Å². The number of H-pyrrole nitrogens is 1. The lowest BCUT2D eigenvalue weighted by molar-refractivity contribution is 0.0949. The van der Waals surface area contributed by atoms with Gasteiger partial charge in [0, 0.05) is 0 Å². The second-order valence-corrected chi connectivity index (χ2v) is 3.11. The van der Waals surface area contributed by atoms with Gasteiger partial charge in [-0.1, -0.05) is 0 Å². The molecule has 0 atom stereocenters. The molecule has 1 amide bonds. The van der Waals surface area contributed by atoms with Gasteiger partial charge in [-0.2, -0.15) is 0 Å². The fourth-order valence-electron chi connectivity index (χ4n) is 0.946. The molecular weight excluding hydrogens is 176 g/mol. The summed E-state index contributed by atoms with van der Waals surface area (Å²) in [4.78, 5) is 17.8. The summed E-state index contributed by atoms with van der Waals surface area (Å²) in [5.74, 6) is 4.62. The van der Waals surface area contributed by atoms with E-state index in [0.29, 0.717) is 5.69 Å². The van der Waals surface area contributed by atoms with Gasteiger partial charge in [0.15, 0.2) is 0 Å². The zero-order valence-electron chi connectivity index (χ0n) is 6.00. The molecule has 2 heterocycles. The largest absolute Gasteiger partial charge is 0.334 e. The topological polar surface area (TPSA) is 83.8 Å². The summed E-state index contributed by atoms with van der Waals surface area (Å²) in [7, 11) is 0. The van der Waals surface area contributed by atoms with Crippen molar-refractivity contribution in [3.8, 4) is 0 Å². The molecule has 2 rings (SSSR count). The highest BCUT2D eigenvalue weighted by atomic mass is 32.1. The zero-order valence-corrected chi connectivity index (χ0v) is 6.81. The van der Waals surface area contributed by atoms with Crippen molar-refractivity contribution < 1.29 is 4.79 Å². The van der Waals surface area contributed by atoms with E-state index in [-0.39, 0.29) is 5.91 Å². The van der Waals surface area contributed by atoms with E-state index in [1.165, 1.54) is 11.3 Å². The Labute approximate surface area is 71.6 Å². The number of thiazole rings is 1. The van der Waals surface area contributed by atoms with Gasteiger partial charge in [0.05, 0.1) is 10.2 Å². The Morgan fingerprint density at radius 2 is 2.58 bits per heavy atom. The molecule has 0 unspecified atom stereocenters. The second-order valence-electron chi connectivity index (χ2n) is 2.22. The van der Waals surface area contributed by atoms with Gasteiger partial charge in [0.2, 0.25) is 0 Å². The number of fused-ring (bicyclic) bond motifs is 1. The molecule has 12 heavy (non-hydrogen) atoms. The number of hydrogen-bond donors (Lipinski definition) is 3. The van der Waals surface area contributed by atoms with Crippen molar-refractivity contribution in [2.24, 2.45) is 5.84 Å². The van der Waals surface area contributed by atoms with Crippen LogP contribution in [0.2, 0.25) is 0 Å². The number of aromatic nitrogens is 2. The first-order chi connectivity index (χ1) is 5.81. The number of hydrogen-bond acceptors (Lipinski definition) is 4. The van der Waals surface area contributed by atoms with Crippen LogP contribution in [0.25, 0.3) is 10.3 Å². The van der Waals surface area contributed by atoms with E-state index in [4.69, 9.17) is 5.84 Å². The van der Waals surface area contributed by atoms with Gasteiger partial charge >= 0.3 is 0 Å². The van der Waals surface area contributed by atoms with E-state index in [2.05, 4.69) is 9.97 Å². The standard InChI is InChI=1S/C6H6N4OS/c7-10-6(11)3-1-4-5(9-3)8-2-12-4/h1-2,9H,7H2,(H,10,11). The molecule has 0 aliphatic heterocycles. The molecule has 0 saturated carbocycles. The first-order valence-electron chi connectivity index (χ1n) is 3.24. The number of nitrogens with two attached hydrogens (primary N) is 1. The quantitative estimate of drug-likeness (QED) is 0.335. The molecule has 2 aromatic rings. The molecule has 5 nitrogen and oxygen atoms in total. The number of carbonyl (C=O) groups excluding carboxylic acids is 1. The van der Waals surface area contributed by atoms with E-state index in [1.54, 1.807) is 11.6 Å². The lowest BCUT2D eigenvalue weighted by Gasteiger charge is -1.92. The average Bonchev–Trinajstić information content (AvgIpc) is 2.60. The minimum absolute atomic E-state index is 0.333. The highest BCUT2D eigenvalue weighted by Crippen LogP contribution is 2.17. The molecule has 0 spiro atoms. The van der Waals surface area contributed by atoms with Crippen molar-refractivity contribution >= 4 is 27.6 Å². The van der Waals surface area contributed by atoms with Gasteiger partial charge in [-0.25, -0.2) is 10.8 Å². The van der Waals surface area contributed by atoms with Gasteiger partial charge in [-0.05, 0) is 6.07 Å². The molecule has 0 aliphatic carbocycles. The third-order valence-electron chi connectivity index (χ3n) is 1.50. The van der Waals surface area contributed by atoms with Crippen molar-refractivity contribution in [2.45, 2.75) is 0 Å². The number of nitrogens with one attached hydrogen (secondary N) is 2. The molecule has 0 aliphatic rings. The summed E-state index contributed by atoms with van der Waals surface area (Å²) < 4.78 is 0.952. The number of nitrogen functional groups attached to an aromatic ring is 1. The summed E-state index contributed by atoms with van der Waals surface area (Å²) in [6.45, 7) is 0. The normalized spacial score (nSPS) is 10.4. The Kier molecular flexibility index (Phi) is 1.56. The predicted molar refractivity (Wildman–Crippen MR) is 45.6 cm³/mol. The molecule has 0 bridgehead atoms. The molecular formula is C6H6N4OS. The van der Waals surface area contributed by atoms with Crippen LogP contribution < -0.4 is 11.3 Å². The van der Waals surface area contributed by atoms with Gasteiger partial charge in [-0.15, -0.1) is 11.3 Å². The van der Waals surface area contributed by atoms with E-state index in [0.717, 1.165) is 10.3 Å². The SMILES string of the molecule is NNC(=O)c1cc2scnc2[nH]1. The second kappa shape index (κ2) is 2.58. The Morgan fingerprint density at radius 1 is 1.75 bits per heavy atom. The predicted octanol–water partition coefficient (Wildman–Crippen LogP) is 0.228. The Hall–Kier alpha value is -1.40. The number of hydrazine groups is 1. The first-order valence-corrected chi connectivity index (χ1v) is 4.12. The highest BCUT2D eigenvalue weighted by molar-refractivity contribution is 7.16. The third-order valence-corrected chi connectivity index (χ3v) is 2.28. The summed E-state index contributed by atoms with van der Waals surface area (Å²) in [6, 6.07) is 1.72. The zero-order chi connectivity index (χ0) is 8.55. The fraction of sp³-hybridized carbons (Fsp3) is 0. The van der Waals surface area contributed by atoms with Crippen LogP contribution >= 0.6 is 11.3 Å². The number of nitrogens with zero attached hydrogens (tertiary/aromatic N) is 1. The van der Waals surface area contributed by atoms with Crippen LogP contribution in [0, 0.1) is 0 Å². The maximum atomic E-state index is 11.0. The Morgan fingerprint density at radius 3 is 3.25 bits per heavy atom. The van der Waals surface area contributed by atoms with Crippen molar-refractivity contribution in [1.29, 1.82) is 0 Å². The number of carbonyl (C=O) groups is 1. The van der Waals surface area contributed by atoms with Crippen LogP contribution in [0.1, 0.15) is 10.5 Å². The molecule has 62 valence electrons. The maximum Gasteiger partial charge on any atom is 0.281 e. The van der Waals surface area contributed by atoms with Crippen molar-refractivity contribution in [3.63, 3.8) is 0 Å². The lowest BCUT2D eigenvalue weighted by atomic mass is 10.4. The summed E-state index contributed by atoms with van der Waals surface area (Å²) in [5.41, 5.74) is 4.91. The van der Waals surface area contributed by atoms with Crippen LogP contribution in [-0.4, -0.2) is 15.9 Å². The molecule has 6 heteroatoms. The molecule has 4 N–H and O–H groups in total. The van der Waals surface area contributed by atoms with E-state index < -0.39 is 0 Å². The summed E-state index contributed by atoms with van der Waals surface area (Å²) in [6.07, 6.45) is 0. The van der Waals surface area contributed by atoms with Crippen LogP contribution in [0.5, 0.6) is 0 Å². The minimum Gasteiger partial charge on any atom is -0.334 e. The molecule has 2 aromatic heterocycles. The molecule has 0 saturated heterocycles. The summed E-state index contributed by atoms with van der Waals surface area (Å²) >= 11 is 1.47. The minimum atomic E-state index is -0.333. The lowest BCUT2D eigenvalue weighted by Crippen LogP contribution is -2.30. The average molecular weight is 182 g/mol. The first kappa shape index (κ1) is 7.26. The molecule has 0 aromatic carbocycles. The van der Waals surface area contributed by atoms with E-state index >= 15 is 0 Å². The molecule has 0 radical (unpaired) electrons. The van der Waals surface area contributed by atoms with Crippen LogP contribution in [0.4, 0.5) is 0 Å². The Balaban J connectivity index is 2.51. The van der Waals surface area contributed by atoms with Crippen LogP contribution in [-0.2, 0) is 0 Å². The number of rotatable bonds is 1. The van der Waals surface area contributed by atoms with Crippen molar-refractivity contribution in [1.82, 2.24) is 15.4 Å². The molecule has 0 fully saturated rings.